The molecule has 0 bridgehead atoms. The predicted molar refractivity (Wildman–Crippen MR) is 139 cm³/mol. The van der Waals surface area contributed by atoms with Crippen molar-refractivity contribution in [2.45, 2.75) is 36.6 Å². The Labute approximate surface area is 246 Å². The summed E-state index contributed by atoms with van der Waals surface area (Å²) in [5.41, 5.74) is -0.621. The second kappa shape index (κ2) is 14.1. The first-order valence-electron chi connectivity index (χ1n) is 11.6. The van der Waals surface area contributed by atoms with E-state index in [9.17, 15) is 67.0 Å². The van der Waals surface area contributed by atoms with E-state index in [1.165, 1.54) is 36.4 Å². The van der Waals surface area contributed by atoms with Crippen LogP contribution in [0.2, 0.25) is 0 Å². The molecule has 20 nitrogen and oxygen atoms in total. The average Bonchev–Trinajstić information content (AvgIpc) is 2.88. The Bertz CT molecular complexity index is 1320. The van der Waals surface area contributed by atoms with Crippen molar-refractivity contribution in [1.82, 2.24) is 0 Å². The minimum Gasteiger partial charge on any atom is -0.453 e. The smallest absolute Gasteiger partial charge is 0.453 e. The molecule has 0 saturated heterocycles. The van der Waals surface area contributed by atoms with Gasteiger partial charge in [-0.25, -0.2) is 27.8 Å². The summed E-state index contributed by atoms with van der Waals surface area (Å²) in [5.74, 6) is -2.86. The Hall–Kier alpha value is -2.18. The zero-order valence-corrected chi connectivity index (χ0v) is 25.1. The summed E-state index contributed by atoms with van der Waals surface area (Å²) in [6.45, 7) is 0. The van der Waals surface area contributed by atoms with Gasteiger partial charge in [-0.3, -0.25) is 18.1 Å². The number of rotatable bonds is 12. The third kappa shape index (κ3) is 11.0. The fraction of sp³-hybridized carbons (Fsp3) is 0.300. The van der Waals surface area contributed by atoms with Crippen LogP contribution in [0.5, 0.6) is 0 Å². The average molecular weight is 708 g/mol. The van der Waals surface area contributed by atoms with Gasteiger partial charge in [0.15, 0.2) is 12.2 Å². The molecule has 0 radical (unpaired) electrons. The molecule has 8 N–H and O–H groups in total. The van der Waals surface area contributed by atoms with Gasteiger partial charge in [0.05, 0.1) is 11.1 Å². The molecule has 2 unspecified atom stereocenters. The molecule has 2 aromatic rings. The highest BCUT2D eigenvalue weighted by Crippen LogP contribution is 2.53. The third-order valence-corrected chi connectivity index (χ3v) is 7.56. The molecule has 1 fully saturated rings. The minimum absolute atomic E-state index is 0.310. The lowest BCUT2D eigenvalue weighted by atomic mass is 9.84. The van der Waals surface area contributed by atoms with Gasteiger partial charge in [-0.1, -0.05) is 36.4 Å². The summed E-state index contributed by atoms with van der Waals surface area (Å²) in [4.78, 5) is 103. The fourth-order valence-corrected chi connectivity index (χ4v) is 6.26. The van der Waals surface area contributed by atoms with Gasteiger partial charge in [0.1, 0.15) is 24.4 Å². The highest BCUT2D eigenvalue weighted by atomic mass is 31.2. The predicted octanol–water partition coefficient (Wildman–Crippen LogP) is 0.363. The van der Waals surface area contributed by atoms with Crippen molar-refractivity contribution >= 4 is 43.2 Å². The summed E-state index contributed by atoms with van der Waals surface area (Å²) in [6.07, 6.45) is -16.3. The topological polar surface area (TPSA) is 320 Å². The summed E-state index contributed by atoms with van der Waals surface area (Å²) in [6, 6.07) is 12.8. The van der Waals surface area contributed by atoms with Crippen molar-refractivity contribution < 1.29 is 94.6 Å². The Morgan fingerprint density at radius 1 is 0.432 bits per heavy atom. The zero-order valence-electron chi connectivity index (χ0n) is 21.5. The van der Waals surface area contributed by atoms with Crippen molar-refractivity contribution in [2.75, 3.05) is 0 Å². The van der Waals surface area contributed by atoms with E-state index in [1.807, 2.05) is 0 Å². The highest BCUT2D eigenvalue weighted by Gasteiger charge is 2.62. The number of carbonyl (C=O) groups excluding carboxylic acids is 2. The minimum atomic E-state index is -5.86. The first-order valence-corrected chi connectivity index (χ1v) is 17.7. The van der Waals surface area contributed by atoms with E-state index in [-0.39, 0.29) is 11.1 Å². The van der Waals surface area contributed by atoms with Crippen molar-refractivity contribution in [3.63, 3.8) is 0 Å². The molecule has 1 aliphatic carbocycles. The number of hydrogen-bond donors (Lipinski definition) is 8. The van der Waals surface area contributed by atoms with Gasteiger partial charge in [0.25, 0.3) is 0 Å². The Kier molecular flexibility index (Phi) is 11.6. The molecule has 44 heavy (non-hydrogen) atoms. The Morgan fingerprint density at radius 3 is 0.864 bits per heavy atom. The van der Waals surface area contributed by atoms with Crippen molar-refractivity contribution in [3.8, 4) is 0 Å². The second-order valence-electron chi connectivity index (χ2n) is 8.71. The lowest BCUT2D eigenvalue weighted by molar-refractivity contribution is -0.209. The zero-order chi connectivity index (χ0) is 33.1. The standard InChI is InChI=1S/C20H24O20P4/c21-19(11-7-3-1-4-8-11)35-13-15(37-41(23,24)25)17(39-43(29,30)31)14(36-20(22)12-9-5-2-6-10-12)18(40-44(32,33)34)16(13)38-42(26,27)28/h1-10,13-18H,(H2,23,24,25)(H2,26,27,28)(H2,29,30,31)(H2,32,33,34)/t13?,14?,15-,16-,17-,18+/m0/s1. The van der Waals surface area contributed by atoms with Crippen LogP contribution in [0.4, 0.5) is 0 Å². The molecule has 24 heteroatoms. The van der Waals surface area contributed by atoms with E-state index in [4.69, 9.17) is 9.47 Å². The van der Waals surface area contributed by atoms with Crippen LogP contribution in [-0.2, 0) is 45.8 Å². The second-order valence-corrected chi connectivity index (χ2v) is 13.5. The van der Waals surface area contributed by atoms with Crippen LogP contribution in [0, 0.1) is 0 Å². The molecule has 0 spiro atoms. The Morgan fingerprint density at radius 2 is 0.659 bits per heavy atom. The lowest BCUT2D eigenvalue weighted by Crippen LogP contribution is -2.67. The van der Waals surface area contributed by atoms with Gasteiger partial charge in [0, 0.05) is 0 Å². The maximum absolute atomic E-state index is 13.0. The molecular weight excluding hydrogens is 684 g/mol. The third-order valence-electron chi connectivity index (χ3n) is 5.48. The fourth-order valence-electron chi connectivity index (χ4n) is 4.04. The molecule has 0 aliphatic heterocycles. The number of hydrogen-bond acceptors (Lipinski definition) is 12. The van der Waals surface area contributed by atoms with Crippen molar-refractivity contribution in [2.24, 2.45) is 0 Å². The Balaban J connectivity index is 2.29. The molecule has 6 atom stereocenters. The van der Waals surface area contributed by atoms with Gasteiger partial charge in [-0.2, -0.15) is 0 Å². The first-order chi connectivity index (χ1) is 20.1. The van der Waals surface area contributed by atoms with Gasteiger partial charge in [-0.05, 0) is 24.3 Å². The maximum Gasteiger partial charge on any atom is 0.470 e. The van der Waals surface area contributed by atoms with E-state index in [2.05, 4.69) is 18.1 Å². The summed E-state index contributed by atoms with van der Waals surface area (Å²) < 4.78 is 76.5. The normalized spacial score (nSPS) is 24.8. The van der Waals surface area contributed by atoms with E-state index in [1.54, 1.807) is 0 Å². The molecule has 0 heterocycles. The number of phosphoric ester groups is 4. The summed E-state index contributed by atoms with van der Waals surface area (Å²) in [7, 11) is -23.4. The quantitative estimate of drug-likeness (QED) is 0.109. The van der Waals surface area contributed by atoms with E-state index in [0.717, 1.165) is 24.3 Å². The van der Waals surface area contributed by atoms with Crippen LogP contribution in [-0.4, -0.2) is 87.7 Å². The number of benzene rings is 2. The molecule has 1 aliphatic rings. The van der Waals surface area contributed by atoms with Gasteiger partial charge >= 0.3 is 43.2 Å². The highest BCUT2D eigenvalue weighted by molar-refractivity contribution is 7.47. The lowest BCUT2D eigenvalue weighted by Gasteiger charge is -2.47. The maximum atomic E-state index is 13.0. The molecule has 244 valence electrons. The van der Waals surface area contributed by atoms with Crippen LogP contribution in [0.15, 0.2) is 60.7 Å². The summed E-state index contributed by atoms with van der Waals surface area (Å²) in [5, 5.41) is 0. The summed E-state index contributed by atoms with van der Waals surface area (Å²) >= 11 is 0. The largest absolute Gasteiger partial charge is 0.470 e. The molecule has 0 aromatic heterocycles. The van der Waals surface area contributed by atoms with Crippen LogP contribution < -0.4 is 0 Å². The molecular formula is C20H24O20P4. The first kappa shape index (κ1) is 36.3. The molecule has 1 saturated carbocycles. The van der Waals surface area contributed by atoms with Crippen LogP contribution in [0.3, 0.4) is 0 Å². The number of carbonyl (C=O) groups is 2. The molecule has 2 aromatic carbocycles. The molecule has 3 rings (SSSR count). The SMILES string of the molecule is O=C(OC1[C@@H](OP(=O)(O)O)[C@@H](OP(=O)(O)O)C(OC(=O)c2ccccc2)[C@H](OP(=O)(O)O)[C@H]1OP(=O)(O)O)c1ccccc1. The van der Waals surface area contributed by atoms with E-state index >= 15 is 0 Å². The van der Waals surface area contributed by atoms with E-state index < -0.39 is 79.9 Å². The van der Waals surface area contributed by atoms with Crippen molar-refractivity contribution in [1.29, 1.82) is 0 Å². The number of ether oxygens (including phenoxy) is 2. The van der Waals surface area contributed by atoms with Crippen molar-refractivity contribution in [3.05, 3.63) is 71.8 Å². The van der Waals surface area contributed by atoms with Crippen LogP contribution >= 0.6 is 31.3 Å². The number of phosphoric acid groups is 4. The van der Waals surface area contributed by atoms with Crippen LogP contribution in [0.1, 0.15) is 20.7 Å². The van der Waals surface area contributed by atoms with Gasteiger partial charge in [-0.15, -0.1) is 0 Å². The molecule has 0 amide bonds. The number of esters is 2. The monoisotopic (exact) mass is 708 g/mol. The van der Waals surface area contributed by atoms with Gasteiger partial charge in [0.2, 0.25) is 0 Å². The van der Waals surface area contributed by atoms with Gasteiger partial charge < -0.3 is 48.6 Å². The van der Waals surface area contributed by atoms with E-state index in [0.29, 0.717) is 0 Å². The van der Waals surface area contributed by atoms with Crippen LogP contribution in [0.25, 0.3) is 0 Å².